The lowest BCUT2D eigenvalue weighted by Gasteiger charge is -2.34. The Morgan fingerprint density at radius 1 is 1.18 bits per heavy atom. The van der Waals surface area contributed by atoms with Crippen molar-refractivity contribution in [3.63, 3.8) is 0 Å². The van der Waals surface area contributed by atoms with Crippen molar-refractivity contribution in [1.82, 2.24) is 4.98 Å². The van der Waals surface area contributed by atoms with Gasteiger partial charge in [-0.1, -0.05) is 12.5 Å². The molecule has 6 heteroatoms. The minimum absolute atomic E-state index is 0.233. The molecule has 28 heavy (non-hydrogen) atoms. The summed E-state index contributed by atoms with van der Waals surface area (Å²) in [6, 6.07) is 6.25. The number of nitrogens with zero attached hydrogens (tertiary/aromatic N) is 1. The number of carbonyl (C=O) groups is 1. The number of ether oxygens (including phenoxy) is 2. The van der Waals surface area contributed by atoms with Gasteiger partial charge in [0.05, 0.1) is 18.9 Å². The first-order valence-electron chi connectivity index (χ1n) is 9.84. The van der Waals surface area contributed by atoms with Crippen LogP contribution in [0.1, 0.15) is 48.8 Å². The van der Waals surface area contributed by atoms with Gasteiger partial charge in [0.2, 0.25) is 5.89 Å². The lowest BCUT2D eigenvalue weighted by atomic mass is 10.0. The molecule has 0 saturated carbocycles. The fraction of sp³-hybridized carbons (Fsp3) is 0.545. The van der Waals surface area contributed by atoms with Crippen molar-refractivity contribution < 1.29 is 23.8 Å². The second-order valence-corrected chi connectivity index (χ2v) is 7.81. The van der Waals surface area contributed by atoms with Crippen molar-refractivity contribution in [3.05, 3.63) is 40.8 Å². The molecule has 1 saturated heterocycles. The van der Waals surface area contributed by atoms with Crippen LogP contribution >= 0.6 is 0 Å². The first kappa shape index (κ1) is 20.6. The molecule has 1 N–H and O–H groups in total. The maximum Gasteiger partial charge on any atom is 0.364 e. The van der Waals surface area contributed by atoms with Crippen molar-refractivity contribution in [1.29, 1.82) is 0 Å². The first-order chi connectivity index (χ1) is 13.3. The zero-order chi connectivity index (χ0) is 20.3. The molecule has 0 aliphatic carbocycles. The molecule has 0 spiro atoms. The molecule has 0 radical (unpaired) electrons. The number of unbranched alkanes of at least 4 members (excludes halogenated alkanes) is 1. The van der Waals surface area contributed by atoms with E-state index >= 15 is 0 Å². The third kappa shape index (κ3) is 4.62. The molecule has 2 heterocycles. The Morgan fingerprint density at radius 2 is 1.89 bits per heavy atom. The molecular weight excluding hydrogens is 358 g/mol. The number of carboxylic acids is 1. The van der Waals surface area contributed by atoms with E-state index in [-0.39, 0.29) is 5.92 Å². The summed E-state index contributed by atoms with van der Waals surface area (Å²) in [5, 5.41) is 9.10. The SMILES string of the molecule is Cc1ccc(-c2nc(CCCC[C@H]3CO[C@@](C)(C(=O)O)OC3)c(C)o2)cc1C. The van der Waals surface area contributed by atoms with Gasteiger partial charge in [-0.25, -0.2) is 9.78 Å². The lowest BCUT2D eigenvalue weighted by molar-refractivity contribution is -0.271. The largest absolute Gasteiger partial charge is 0.477 e. The number of oxazole rings is 1. The normalized spacial score (nSPS) is 22.4. The standard InChI is InChI=1S/C22H29NO5/c1-14-9-10-18(11-15(14)2)20-23-19(16(3)28-20)8-6-5-7-17-12-26-22(4,21(24)25)27-13-17/h9-11,17H,5-8,12-13H2,1-4H3,(H,24,25)/t17-,22+. The van der Waals surface area contributed by atoms with E-state index in [2.05, 4.69) is 26.0 Å². The minimum atomic E-state index is -1.50. The Labute approximate surface area is 165 Å². The van der Waals surface area contributed by atoms with Gasteiger partial charge in [-0.15, -0.1) is 0 Å². The van der Waals surface area contributed by atoms with Crippen LogP contribution in [0, 0.1) is 26.7 Å². The van der Waals surface area contributed by atoms with Crippen LogP contribution in [0.4, 0.5) is 0 Å². The summed E-state index contributed by atoms with van der Waals surface area (Å²) in [4.78, 5) is 15.8. The smallest absolute Gasteiger partial charge is 0.364 e. The number of rotatable bonds is 7. The molecule has 0 amide bonds. The van der Waals surface area contributed by atoms with Crippen molar-refractivity contribution in [2.45, 2.75) is 59.2 Å². The van der Waals surface area contributed by atoms with Gasteiger partial charge in [-0.2, -0.15) is 0 Å². The van der Waals surface area contributed by atoms with Gasteiger partial charge in [-0.05, 0) is 63.3 Å². The zero-order valence-electron chi connectivity index (χ0n) is 17.1. The van der Waals surface area contributed by atoms with E-state index in [0.717, 1.165) is 42.7 Å². The fourth-order valence-electron chi connectivity index (χ4n) is 3.32. The van der Waals surface area contributed by atoms with Gasteiger partial charge >= 0.3 is 5.97 Å². The number of hydrogen-bond acceptors (Lipinski definition) is 5. The van der Waals surface area contributed by atoms with Crippen LogP contribution in [-0.2, 0) is 20.7 Å². The summed E-state index contributed by atoms with van der Waals surface area (Å²) in [5.41, 5.74) is 4.50. The molecule has 1 aromatic carbocycles. The highest BCUT2D eigenvalue weighted by molar-refractivity contribution is 5.75. The van der Waals surface area contributed by atoms with Crippen LogP contribution in [0.3, 0.4) is 0 Å². The highest BCUT2D eigenvalue weighted by Crippen LogP contribution is 2.27. The molecular formula is C22H29NO5. The number of aryl methyl sites for hydroxylation is 4. The molecule has 0 atom stereocenters. The molecule has 3 rings (SSSR count). The van der Waals surface area contributed by atoms with Crippen LogP contribution in [0.2, 0.25) is 0 Å². The Kier molecular flexibility index (Phi) is 6.20. The highest BCUT2D eigenvalue weighted by Gasteiger charge is 2.40. The topological polar surface area (TPSA) is 81.8 Å². The number of carboxylic acid groups (broad SMARTS) is 1. The van der Waals surface area contributed by atoms with Gasteiger partial charge in [0.25, 0.3) is 5.79 Å². The highest BCUT2D eigenvalue weighted by atomic mass is 16.7. The Balaban J connectivity index is 1.48. The molecule has 1 aliphatic heterocycles. The van der Waals surface area contributed by atoms with Crippen molar-refractivity contribution >= 4 is 5.97 Å². The van der Waals surface area contributed by atoms with E-state index in [1.165, 1.54) is 18.1 Å². The van der Waals surface area contributed by atoms with E-state index in [9.17, 15) is 4.79 Å². The van der Waals surface area contributed by atoms with E-state index in [4.69, 9.17) is 24.0 Å². The van der Waals surface area contributed by atoms with E-state index in [1.807, 2.05) is 13.0 Å². The number of aromatic nitrogens is 1. The van der Waals surface area contributed by atoms with Crippen LogP contribution in [0.15, 0.2) is 22.6 Å². The second-order valence-electron chi connectivity index (χ2n) is 7.81. The summed E-state index contributed by atoms with van der Waals surface area (Å²) in [7, 11) is 0. The minimum Gasteiger partial charge on any atom is -0.477 e. The summed E-state index contributed by atoms with van der Waals surface area (Å²) >= 11 is 0. The Morgan fingerprint density at radius 3 is 2.54 bits per heavy atom. The number of benzene rings is 1. The Bertz CT molecular complexity index is 833. The van der Waals surface area contributed by atoms with Gasteiger partial charge < -0.3 is 19.0 Å². The maximum atomic E-state index is 11.1. The van der Waals surface area contributed by atoms with Gasteiger partial charge in [-0.3, -0.25) is 0 Å². The number of hydrogen-bond donors (Lipinski definition) is 1. The van der Waals surface area contributed by atoms with Crippen molar-refractivity contribution in [2.75, 3.05) is 13.2 Å². The predicted octanol–water partition coefficient (Wildman–Crippen LogP) is 4.44. The van der Waals surface area contributed by atoms with Gasteiger partial charge in [0.15, 0.2) is 0 Å². The third-order valence-corrected chi connectivity index (χ3v) is 5.50. The summed E-state index contributed by atoms with van der Waals surface area (Å²) in [5.74, 6) is -0.796. The molecule has 1 fully saturated rings. The molecule has 1 aromatic heterocycles. The van der Waals surface area contributed by atoms with Crippen LogP contribution < -0.4 is 0 Å². The monoisotopic (exact) mass is 387 g/mol. The van der Waals surface area contributed by atoms with E-state index < -0.39 is 11.8 Å². The molecule has 6 nitrogen and oxygen atoms in total. The average molecular weight is 387 g/mol. The summed E-state index contributed by atoms with van der Waals surface area (Å²) in [6.07, 6.45) is 3.80. The summed E-state index contributed by atoms with van der Waals surface area (Å²) < 4.78 is 16.7. The van der Waals surface area contributed by atoms with Gasteiger partial charge in [0.1, 0.15) is 5.76 Å². The number of aliphatic carboxylic acids is 1. The molecule has 2 aromatic rings. The predicted molar refractivity (Wildman–Crippen MR) is 105 cm³/mol. The van der Waals surface area contributed by atoms with E-state index in [0.29, 0.717) is 19.1 Å². The molecule has 1 aliphatic rings. The van der Waals surface area contributed by atoms with Crippen LogP contribution in [0.25, 0.3) is 11.5 Å². The van der Waals surface area contributed by atoms with Gasteiger partial charge in [0, 0.05) is 18.4 Å². The fourth-order valence-corrected chi connectivity index (χ4v) is 3.32. The zero-order valence-corrected chi connectivity index (χ0v) is 17.1. The van der Waals surface area contributed by atoms with Crippen LogP contribution in [-0.4, -0.2) is 35.1 Å². The maximum absolute atomic E-state index is 11.1. The van der Waals surface area contributed by atoms with Crippen molar-refractivity contribution in [2.24, 2.45) is 5.92 Å². The Hall–Kier alpha value is -2.18. The quantitative estimate of drug-likeness (QED) is 0.707. The van der Waals surface area contributed by atoms with Crippen LogP contribution in [0.5, 0.6) is 0 Å². The molecule has 152 valence electrons. The van der Waals surface area contributed by atoms with E-state index in [1.54, 1.807) is 0 Å². The second kappa shape index (κ2) is 8.45. The third-order valence-electron chi connectivity index (χ3n) is 5.50. The lowest BCUT2D eigenvalue weighted by Crippen LogP contribution is -2.47. The average Bonchev–Trinajstić information content (AvgIpc) is 3.03. The molecule has 0 unspecified atom stereocenters. The summed E-state index contributed by atoms with van der Waals surface area (Å²) in [6.45, 7) is 8.43. The molecule has 0 bridgehead atoms. The van der Waals surface area contributed by atoms with Crippen molar-refractivity contribution in [3.8, 4) is 11.5 Å². The first-order valence-corrected chi connectivity index (χ1v) is 9.84.